The van der Waals surface area contributed by atoms with Crippen molar-refractivity contribution < 1.29 is 4.79 Å². The lowest BCUT2D eigenvalue weighted by Crippen LogP contribution is -2.43. The smallest absolute Gasteiger partial charge is 0.234 e. The molecule has 3 heteroatoms. The molecule has 0 heterocycles. The average Bonchev–Trinajstić information content (AvgIpc) is 1.99. The van der Waals surface area contributed by atoms with Crippen LogP contribution < -0.4 is 10.6 Å². The molecule has 0 aromatic rings. The highest BCUT2D eigenvalue weighted by atomic mass is 16.1. The van der Waals surface area contributed by atoms with Gasteiger partial charge in [-0.15, -0.1) is 0 Å². The Bertz CT molecular complexity index is 210. The van der Waals surface area contributed by atoms with Crippen LogP contribution in [-0.4, -0.2) is 24.5 Å². The van der Waals surface area contributed by atoms with Crippen LogP contribution in [0.4, 0.5) is 0 Å². The molecule has 0 aromatic heterocycles. The molecule has 0 rings (SSSR count). The van der Waals surface area contributed by atoms with Gasteiger partial charge in [0, 0.05) is 12.1 Å². The largest absolute Gasteiger partial charge is 0.352 e. The number of hydrogen-bond donors (Lipinski definition) is 2. The van der Waals surface area contributed by atoms with Crippen LogP contribution in [0.25, 0.3) is 0 Å². The third-order valence-corrected chi connectivity index (χ3v) is 1.59. The number of carbonyl (C=O) groups is 1. The van der Waals surface area contributed by atoms with Gasteiger partial charge in [0.25, 0.3) is 0 Å². The van der Waals surface area contributed by atoms with Crippen molar-refractivity contribution in [1.82, 2.24) is 10.6 Å². The summed E-state index contributed by atoms with van der Waals surface area (Å²) in [6, 6.07) is 0. The zero-order chi connectivity index (χ0) is 11.2. The minimum Gasteiger partial charge on any atom is -0.352 e. The molecule has 0 spiro atoms. The average molecular weight is 198 g/mol. The Balaban J connectivity index is 3.62. The molecule has 0 saturated carbocycles. The van der Waals surface area contributed by atoms with Crippen LogP contribution >= 0.6 is 0 Å². The summed E-state index contributed by atoms with van der Waals surface area (Å²) in [6.07, 6.45) is 2.00. The molecule has 0 aromatic carbocycles. The predicted octanol–water partition coefficient (Wildman–Crippen LogP) is 1.46. The maximum Gasteiger partial charge on any atom is 0.234 e. The summed E-state index contributed by atoms with van der Waals surface area (Å²) < 4.78 is 0. The van der Waals surface area contributed by atoms with Crippen LogP contribution in [0.5, 0.6) is 0 Å². The minimum absolute atomic E-state index is 0.00610. The quantitative estimate of drug-likeness (QED) is 0.671. The van der Waals surface area contributed by atoms with Gasteiger partial charge in [-0.2, -0.15) is 0 Å². The van der Waals surface area contributed by atoms with Crippen LogP contribution in [0.1, 0.15) is 34.6 Å². The first-order valence-electron chi connectivity index (χ1n) is 4.96. The van der Waals surface area contributed by atoms with Gasteiger partial charge in [0.15, 0.2) is 0 Å². The highest BCUT2D eigenvalue weighted by molar-refractivity contribution is 5.78. The summed E-state index contributed by atoms with van der Waals surface area (Å²) in [5.74, 6) is 0.0393. The lowest BCUT2D eigenvalue weighted by atomic mass is 10.1. The second-order valence-corrected chi connectivity index (χ2v) is 4.69. The van der Waals surface area contributed by atoms with Crippen molar-refractivity contribution in [3.05, 3.63) is 11.6 Å². The fourth-order valence-corrected chi connectivity index (χ4v) is 0.777. The number of amides is 1. The maximum atomic E-state index is 11.3. The second-order valence-electron chi connectivity index (χ2n) is 4.69. The standard InChI is InChI=1S/C11H22N2O/c1-9(2)6-7-12-10(14)8-13-11(3,4)5/h6,13H,7-8H2,1-5H3,(H,12,14). The van der Waals surface area contributed by atoms with E-state index in [4.69, 9.17) is 0 Å². The van der Waals surface area contributed by atoms with Gasteiger partial charge in [-0.05, 0) is 34.6 Å². The summed E-state index contributed by atoms with van der Waals surface area (Å²) in [4.78, 5) is 11.3. The van der Waals surface area contributed by atoms with E-state index in [1.54, 1.807) is 0 Å². The van der Waals surface area contributed by atoms with Crippen LogP contribution in [0, 0.1) is 0 Å². The van der Waals surface area contributed by atoms with E-state index in [0.717, 1.165) is 0 Å². The van der Waals surface area contributed by atoms with Crippen LogP contribution in [0.3, 0.4) is 0 Å². The van der Waals surface area contributed by atoms with Gasteiger partial charge in [-0.1, -0.05) is 11.6 Å². The lowest BCUT2D eigenvalue weighted by Gasteiger charge is -2.19. The van der Waals surface area contributed by atoms with Crippen LogP contribution in [0.2, 0.25) is 0 Å². The lowest BCUT2D eigenvalue weighted by molar-refractivity contribution is -0.120. The van der Waals surface area contributed by atoms with Crippen molar-refractivity contribution in [3.63, 3.8) is 0 Å². The van der Waals surface area contributed by atoms with Crippen molar-refractivity contribution in [3.8, 4) is 0 Å². The first-order chi connectivity index (χ1) is 6.31. The Morgan fingerprint density at radius 2 is 1.86 bits per heavy atom. The van der Waals surface area contributed by atoms with Gasteiger partial charge >= 0.3 is 0 Å². The number of nitrogens with one attached hydrogen (secondary N) is 2. The number of allylic oxidation sites excluding steroid dienone is 1. The molecule has 0 aliphatic rings. The van der Waals surface area contributed by atoms with Gasteiger partial charge in [0.2, 0.25) is 5.91 Å². The topological polar surface area (TPSA) is 41.1 Å². The summed E-state index contributed by atoms with van der Waals surface area (Å²) in [6.45, 7) is 11.1. The fourth-order valence-electron chi connectivity index (χ4n) is 0.777. The SMILES string of the molecule is CC(C)=CCNC(=O)CNC(C)(C)C. The first kappa shape index (κ1) is 13.2. The van der Waals surface area contributed by atoms with E-state index < -0.39 is 0 Å². The first-order valence-corrected chi connectivity index (χ1v) is 4.96. The van der Waals surface area contributed by atoms with Crippen LogP contribution in [-0.2, 0) is 4.79 Å². The zero-order valence-corrected chi connectivity index (χ0v) is 9.90. The van der Waals surface area contributed by atoms with E-state index >= 15 is 0 Å². The molecule has 0 aliphatic carbocycles. The molecule has 82 valence electrons. The Morgan fingerprint density at radius 1 is 1.29 bits per heavy atom. The maximum absolute atomic E-state index is 11.3. The molecule has 14 heavy (non-hydrogen) atoms. The van der Waals surface area contributed by atoms with Gasteiger partial charge in [0.05, 0.1) is 6.54 Å². The molecule has 0 fully saturated rings. The Hall–Kier alpha value is -0.830. The van der Waals surface area contributed by atoms with Gasteiger partial charge in [0.1, 0.15) is 0 Å². The highest BCUT2D eigenvalue weighted by Crippen LogP contribution is 1.96. The molecule has 0 unspecified atom stereocenters. The monoisotopic (exact) mass is 198 g/mol. The molecular weight excluding hydrogens is 176 g/mol. The summed E-state index contributed by atoms with van der Waals surface area (Å²) >= 11 is 0. The number of rotatable bonds is 4. The number of hydrogen-bond acceptors (Lipinski definition) is 2. The normalized spacial score (nSPS) is 10.9. The predicted molar refractivity (Wildman–Crippen MR) is 60.2 cm³/mol. The van der Waals surface area contributed by atoms with Gasteiger partial charge < -0.3 is 10.6 Å². The summed E-state index contributed by atoms with van der Waals surface area (Å²) in [5.41, 5.74) is 1.21. The highest BCUT2D eigenvalue weighted by Gasteiger charge is 2.10. The van der Waals surface area contributed by atoms with E-state index in [9.17, 15) is 4.79 Å². The molecular formula is C11H22N2O. The Morgan fingerprint density at radius 3 is 2.29 bits per heavy atom. The molecule has 3 nitrogen and oxygen atoms in total. The third kappa shape index (κ3) is 9.26. The van der Waals surface area contributed by atoms with Crippen molar-refractivity contribution >= 4 is 5.91 Å². The van der Waals surface area contributed by atoms with Crippen molar-refractivity contribution in [2.75, 3.05) is 13.1 Å². The van der Waals surface area contributed by atoms with Crippen molar-refractivity contribution in [1.29, 1.82) is 0 Å². The second kappa shape index (κ2) is 5.81. The Labute approximate surface area is 87.0 Å². The van der Waals surface area contributed by atoms with Crippen molar-refractivity contribution in [2.24, 2.45) is 0 Å². The fraction of sp³-hybridized carbons (Fsp3) is 0.727. The summed E-state index contributed by atoms with van der Waals surface area (Å²) in [7, 11) is 0. The van der Waals surface area contributed by atoms with E-state index in [1.165, 1.54) is 5.57 Å². The van der Waals surface area contributed by atoms with Crippen LogP contribution in [0.15, 0.2) is 11.6 Å². The molecule has 0 atom stereocenters. The molecule has 0 aliphatic heterocycles. The number of carbonyl (C=O) groups excluding carboxylic acids is 1. The van der Waals surface area contributed by atoms with Gasteiger partial charge in [-0.25, -0.2) is 0 Å². The van der Waals surface area contributed by atoms with Gasteiger partial charge in [-0.3, -0.25) is 4.79 Å². The van der Waals surface area contributed by atoms with Crippen molar-refractivity contribution in [2.45, 2.75) is 40.2 Å². The molecule has 0 saturated heterocycles. The summed E-state index contributed by atoms with van der Waals surface area (Å²) in [5, 5.41) is 5.94. The Kier molecular flexibility index (Phi) is 5.46. The molecule has 0 bridgehead atoms. The van der Waals surface area contributed by atoms with E-state index in [-0.39, 0.29) is 11.4 Å². The third-order valence-electron chi connectivity index (χ3n) is 1.59. The molecule has 1 amide bonds. The molecule has 0 radical (unpaired) electrons. The zero-order valence-electron chi connectivity index (χ0n) is 9.90. The van der Waals surface area contributed by atoms with E-state index in [0.29, 0.717) is 13.1 Å². The van der Waals surface area contributed by atoms with E-state index in [2.05, 4.69) is 10.6 Å². The van der Waals surface area contributed by atoms with E-state index in [1.807, 2.05) is 40.7 Å². The molecule has 2 N–H and O–H groups in total. The minimum atomic E-state index is -0.00610.